The Bertz CT molecular complexity index is 692. The normalized spacial score (nSPS) is 16.2. The average molecular weight is 297 g/mol. The van der Waals surface area contributed by atoms with E-state index in [0.29, 0.717) is 12.5 Å². The first-order valence-corrected chi connectivity index (χ1v) is 7.59. The molecule has 22 heavy (non-hydrogen) atoms. The van der Waals surface area contributed by atoms with Gasteiger partial charge in [-0.25, -0.2) is 9.38 Å². The molecule has 0 fully saturated rings. The quantitative estimate of drug-likeness (QED) is 0.830. The van der Waals surface area contributed by atoms with Crippen molar-refractivity contribution in [3.05, 3.63) is 71.0 Å². The lowest BCUT2D eigenvalue weighted by Crippen LogP contribution is -2.17. The molecule has 0 bridgehead atoms. The molecule has 1 aliphatic rings. The third-order valence-electron chi connectivity index (χ3n) is 3.79. The first-order chi connectivity index (χ1) is 10.5. The van der Waals surface area contributed by atoms with E-state index in [1.54, 1.807) is 12.1 Å². The molecule has 2 aromatic carbocycles. The number of ether oxygens (including phenoxy) is 1. The van der Waals surface area contributed by atoms with Gasteiger partial charge in [-0.05, 0) is 56.0 Å². The summed E-state index contributed by atoms with van der Waals surface area (Å²) in [6.45, 7) is 4.64. The lowest BCUT2D eigenvalue weighted by molar-refractivity contribution is 0.279. The minimum atomic E-state index is -0.218. The molecule has 1 aliphatic heterocycles. The maximum absolute atomic E-state index is 13.6. The third kappa shape index (κ3) is 3.35. The van der Waals surface area contributed by atoms with Crippen molar-refractivity contribution in [1.82, 2.24) is 0 Å². The van der Waals surface area contributed by atoms with Crippen LogP contribution in [0.25, 0.3) is 0 Å². The standard InChI is InChI=1S/C19H20FNO/c1-19(2)13-22-18(21-19)17-11-10-16(20)12-15(17)9-8-14-6-4-3-5-7-14/h3-7,10-12H,8-9,13H2,1-2H3. The van der Waals surface area contributed by atoms with Crippen molar-refractivity contribution in [2.45, 2.75) is 32.2 Å². The van der Waals surface area contributed by atoms with Gasteiger partial charge in [0.05, 0.1) is 5.54 Å². The number of hydrogen-bond donors (Lipinski definition) is 0. The largest absolute Gasteiger partial charge is 0.475 e. The van der Waals surface area contributed by atoms with E-state index in [0.717, 1.165) is 24.0 Å². The summed E-state index contributed by atoms with van der Waals surface area (Å²) in [7, 11) is 0. The molecule has 0 unspecified atom stereocenters. The van der Waals surface area contributed by atoms with Gasteiger partial charge in [0, 0.05) is 5.56 Å². The molecule has 1 heterocycles. The minimum absolute atomic E-state index is 0.208. The van der Waals surface area contributed by atoms with Crippen molar-refractivity contribution >= 4 is 5.90 Å². The van der Waals surface area contributed by atoms with Crippen molar-refractivity contribution in [3.63, 3.8) is 0 Å². The summed E-state index contributed by atoms with van der Waals surface area (Å²) >= 11 is 0. The van der Waals surface area contributed by atoms with E-state index >= 15 is 0 Å². The molecule has 0 amide bonds. The second-order valence-electron chi connectivity index (χ2n) is 6.31. The SMILES string of the molecule is CC1(C)COC(c2ccc(F)cc2CCc2ccccc2)=N1. The van der Waals surface area contributed by atoms with Crippen LogP contribution < -0.4 is 0 Å². The van der Waals surface area contributed by atoms with Crippen molar-refractivity contribution in [3.8, 4) is 0 Å². The average Bonchev–Trinajstić information content (AvgIpc) is 2.86. The first-order valence-electron chi connectivity index (χ1n) is 7.59. The van der Waals surface area contributed by atoms with E-state index in [-0.39, 0.29) is 11.4 Å². The molecule has 3 rings (SSSR count). The molecule has 3 heteroatoms. The lowest BCUT2D eigenvalue weighted by atomic mass is 9.99. The number of aliphatic imine (C=N–C) groups is 1. The lowest BCUT2D eigenvalue weighted by Gasteiger charge is -2.10. The zero-order chi connectivity index (χ0) is 15.6. The third-order valence-corrected chi connectivity index (χ3v) is 3.79. The Hall–Kier alpha value is -2.16. The number of aryl methyl sites for hydroxylation is 2. The Morgan fingerprint density at radius 2 is 1.86 bits per heavy atom. The molecule has 0 aliphatic carbocycles. The van der Waals surface area contributed by atoms with E-state index < -0.39 is 0 Å². The molecule has 0 atom stereocenters. The summed E-state index contributed by atoms with van der Waals surface area (Å²) in [4.78, 5) is 4.61. The Morgan fingerprint density at radius 1 is 1.09 bits per heavy atom. The van der Waals surface area contributed by atoms with E-state index in [2.05, 4.69) is 17.1 Å². The highest BCUT2D eigenvalue weighted by Gasteiger charge is 2.28. The molecule has 0 saturated heterocycles. The summed E-state index contributed by atoms with van der Waals surface area (Å²) < 4.78 is 19.3. The van der Waals surface area contributed by atoms with Gasteiger partial charge in [-0.1, -0.05) is 30.3 Å². The fourth-order valence-electron chi connectivity index (χ4n) is 2.62. The summed E-state index contributed by atoms with van der Waals surface area (Å²) in [5.74, 6) is 0.415. The van der Waals surface area contributed by atoms with E-state index in [4.69, 9.17) is 4.74 Å². The van der Waals surface area contributed by atoms with Gasteiger partial charge in [-0.3, -0.25) is 0 Å². The summed E-state index contributed by atoms with van der Waals surface area (Å²) in [6.07, 6.45) is 1.63. The highest BCUT2D eigenvalue weighted by Crippen LogP contribution is 2.24. The molecule has 0 saturated carbocycles. The van der Waals surface area contributed by atoms with Gasteiger partial charge in [-0.2, -0.15) is 0 Å². The maximum Gasteiger partial charge on any atom is 0.217 e. The highest BCUT2D eigenvalue weighted by atomic mass is 19.1. The van der Waals surface area contributed by atoms with E-state index in [1.165, 1.54) is 11.6 Å². The zero-order valence-electron chi connectivity index (χ0n) is 13.0. The van der Waals surface area contributed by atoms with Crippen molar-refractivity contribution in [2.24, 2.45) is 4.99 Å². The Kier molecular flexibility index (Phi) is 3.97. The van der Waals surface area contributed by atoms with Crippen LogP contribution in [0.15, 0.2) is 53.5 Å². The second-order valence-corrected chi connectivity index (χ2v) is 6.31. The van der Waals surface area contributed by atoms with Crippen LogP contribution in [-0.2, 0) is 17.6 Å². The molecule has 0 aromatic heterocycles. The second kappa shape index (κ2) is 5.91. The minimum Gasteiger partial charge on any atom is -0.475 e. The van der Waals surface area contributed by atoms with Gasteiger partial charge < -0.3 is 4.74 Å². The number of benzene rings is 2. The predicted molar refractivity (Wildman–Crippen MR) is 86.8 cm³/mol. The summed E-state index contributed by atoms with van der Waals surface area (Å²) in [5.41, 5.74) is 2.89. The number of nitrogens with zero attached hydrogens (tertiary/aromatic N) is 1. The van der Waals surface area contributed by atoms with Crippen LogP contribution in [0.5, 0.6) is 0 Å². The molecular weight excluding hydrogens is 277 g/mol. The molecule has 114 valence electrons. The van der Waals surface area contributed by atoms with Crippen molar-refractivity contribution in [2.75, 3.05) is 6.61 Å². The maximum atomic E-state index is 13.6. The number of halogens is 1. The Morgan fingerprint density at radius 3 is 2.55 bits per heavy atom. The van der Waals surface area contributed by atoms with Gasteiger partial charge >= 0.3 is 0 Å². The van der Waals surface area contributed by atoms with Gasteiger partial charge in [0.15, 0.2) is 0 Å². The zero-order valence-corrected chi connectivity index (χ0v) is 13.0. The molecule has 2 aromatic rings. The smallest absolute Gasteiger partial charge is 0.217 e. The van der Waals surface area contributed by atoms with E-state index in [1.807, 2.05) is 32.0 Å². The van der Waals surface area contributed by atoms with Gasteiger partial charge in [0.1, 0.15) is 12.4 Å². The first kappa shape index (κ1) is 14.8. The Balaban J connectivity index is 1.86. The van der Waals surface area contributed by atoms with Crippen LogP contribution in [0.2, 0.25) is 0 Å². The topological polar surface area (TPSA) is 21.6 Å². The van der Waals surface area contributed by atoms with Gasteiger partial charge in [-0.15, -0.1) is 0 Å². The molecule has 0 spiro atoms. The Labute approximate surface area is 130 Å². The number of hydrogen-bond acceptors (Lipinski definition) is 2. The highest BCUT2D eigenvalue weighted by molar-refractivity contribution is 5.96. The predicted octanol–water partition coefficient (Wildman–Crippen LogP) is 4.17. The number of rotatable bonds is 4. The van der Waals surface area contributed by atoms with E-state index in [9.17, 15) is 4.39 Å². The molecule has 0 N–H and O–H groups in total. The van der Waals surface area contributed by atoms with Crippen LogP contribution in [0, 0.1) is 5.82 Å². The monoisotopic (exact) mass is 297 g/mol. The fourth-order valence-corrected chi connectivity index (χ4v) is 2.62. The van der Waals surface area contributed by atoms with Crippen LogP contribution in [0.1, 0.15) is 30.5 Å². The molecule has 0 radical (unpaired) electrons. The van der Waals surface area contributed by atoms with Crippen LogP contribution in [0.4, 0.5) is 4.39 Å². The van der Waals surface area contributed by atoms with Crippen molar-refractivity contribution < 1.29 is 9.13 Å². The van der Waals surface area contributed by atoms with Crippen LogP contribution >= 0.6 is 0 Å². The van der Waals surface area contributed by atoms with Crippen LogP contribution in [-0.4, -0.2) is 18.0 Å². The van der Waals surface area contributed by atoms with Gasteiger partial charge in [0.2, 0.25) is 5.90 Å². The van der Waals surface area contributed by atoms with Crippen LogP contribution in [0.3, 0.4) is 0 Å². The molecule has 2 nitrogen and oxygen atoms in total. The summed E-state index contributed by atoms with van der Waals surface area (Å²) in [6, 6.07) is 15.1. The summed E-state index contributed by atoms with van der Waals surface area (Å²) in [5, 5.41) is 0. The van der Waals surface area contributed by atoms with Crippen molar-refractivity contribution in [1.29, 1.82) is 0 Å². The van der Waals surface area contributed by atoms with Gasteiger partial charge in [0.25, 0.3) is 0 Å². The molecular formula is C19H20FNO. The fraction of sp³-hybridized carbons (Fsp3) is 0.316.